The van der Waals surface area contributed by atoms with Crippen molar-refractivity contribution in [1.29, 1.82) is 0 Å². The molecule has 0 spiro atoms. The molecule has 1 saturated carbocycles. The first-order valence-corrected chi connectivity index (χ1v) is 9.73. The van der Waals surface area contributed by atoms with E-state index in [1.807, 2.05) is 35.1 Å². The van der Waals surface area contributed by atoms with Gasteiger partial charge in [-0.25, -0.2) is 4.79 Å². The molecule has 1 aliphatic heterocycles. The van der Waals surface area contributed by atoms with Crippen LogP contribution >= 0.6 is 0 Å². The van der Waals surface area contributed by atoms with E-state index in [1.165, 1.54) is 25.7 Å². The monoisotopic (exact) mass is 370 g/mol. The van der Waals surface area contributed by atoms with Gasteiger partial charge in [0.1, 0.15) is 0 Å². The SMILES string of the molecule is O=C(NCc1ccn(C2CCCC2)n1)NCc1cccc2c1OCCCO2. The second kappa shape index (κ2) is 8.33. The smallest absolute Gasteiger partial charge is 0.315 e. The number of benzene rings is 1. The molecule has 1 aliphatic carbocycles. The predicted molar refractivity (Wildman–Crippen MR) is 101 cm³/mol. The number of carbonyl (C=O) groups is 1. The van der Waals surface area contributed by atoms with Gasteiger partial charge < -0.3 is 20.1 Å². The molecule has 2 aliphatic rings. The van der Waals surface area contributed by atoms with Crippen LogP contribution in [0.2, 0.25) is 0 Å². The molecule has 144 valence electrons. The summed E-state index contributed by atoms with van der Waals surface area (Å²) >= 11 is 0. The largest absolute Gasteiger partial charge is 0.490 e. The second-order valence-electron chi connectivity index (χ2n) is 7.06. The zero-order valence-corrected chi connectivity index (χ0v) is 15.4. The minimum absolute atomic E-state index is 0.224. The van der Waals surface area contributed by atoms with Crippen molar-refractivity contribution in [2.24, 2.45) is 0 Å². The van der Waals surface area contributed by atoms with Crippen LogP contribution in [0, 0.1) is 0 Å². The summed E-state index contributed by atoms with van der Waals surface area (Å²) in [5, 5.41) is 10.3. The number of urea groups is 1. The van der Waals surface area contributed by atoms with Crippen LogP contribution in [0.5, 0.6) is 11.5 Å². The first-order chi connectivity index (χ1) is 13.3. The van der Waals surface area contributed by atoms with Gasteiger partial charge in [0.05, 0.1) is 31.5 Å². The number of para-hydroxylation sites is 1. The third kappa shape index (κ3) is 4.35. The van der Waals surface area contributed by atoms with E-state index in [-0.39, 0.29) is 6.03 Å². The fraction of sp³-hybridized carbons (Fsp3) is 0.500. The number of ether oxygens (including phenoxy) is 2. The summed E-state index contributed by atoms with van der Waals surface area (Å²) in [6.45, 7) is 2.07. The summed E-state index contributed by atoms with van der Waals surface area (Å²) in [6.07, 6.45) is 7.82. The topological polar surface area (TPSA) is 77.4 Å². The predicted octanol–water partition coefficient (Wildman–Crippen LogP) is 3.16. The number of fused-ring (bicyclic) bond motifs is 1. The van der Waals surface area contributed by atoms with Crippen LogP contribution in [-0.2, 0) is 13.1 Å². The highest BCUT2D eigenvalue weighted by Crippen LogP contribution is 2.33. The van der Waals surface area contributed by atoms with Crippen molar-refractivity contribution in [3.63, 3.8) is 0 Å². The molecule has 0 radical (unpaired) electrons. The van der Waals surface area contributed by atoms with E-state index in [0.717, 1.165) is 29.2 Å². The number of amides is 2. The Balaban J connectivity index is 1.28. The molecule has 1 fully saturated rings. The standard InChI is InChI=1S/C20H26N4O3/c25-20(22-14-16-9-10-24(23-16)17-6-1-2-7-17)21-13-15-5-3-8-18-19(15)27-12-4-11-26-18/h3,5,8-10,17H,1-2,4,6-7,11-14H2,(H2,21,22,25). The summed E-state index contributed by atoms with van der Waals surface area (Å²) in [5.41, 5.74) is 1.79. The molecule has 1 aromatic carbocycles. The highest BCUT2D eigenvalue weighted by molar-refractivity contribution is 5.73. The number of nitrogens with one attached hydrogen (secondary N) is 2. The molecule has 4 rings (SSSR count). The molecule has 7 heteroatoms. The summed E-state index contributed by atoms with van der Waals surface area (Å²) in [7, 11) is 0. The van der Waals surface area contributed by atoms with Crippen molar-refractivity contribution in [3.8, 4) is 11.5 Å². The Kier molecular flexibility index (Phi) is 5.46. The molecule has 2 aromatic rings. The van der Waals surface area contributed by atoms with Gasteiger partial charge in [0, 0.05) is 24.7 Å². The number of hydrogen-bond donors (Lipinski definition) is 2. The Morgan fingerprint density at radius 3 is 2.78 bits per heavy atom. The first-order valence-electron chi connectivity index (χ1n) is 9.73. The lowest BCUT2D eigenvalue weighted by atomic mass is 10.2. The van der Waals surface area contributed by atoms with Crippen LogP contribution in [-0.4, -0.2) is 29.0 Å². The van der Waals surface area contributed by atoms with E-state index in [0.29, 0.717) is 32.3 Å². The van der Waals surface area contributed by atoms with E-state index in [9.17, 15) is 4.79 Å². The second-order valence-corrected chi connectivity index (χ2v) is 7.06. The first kappa shape index (κ1) is 17.7. The number of nitrogens with zero attached hydrogens (tertiary/aromatic N) is 2. The van der Waals surface area contributed by atoms with Crippen LogP contribution in [0.3, 0.4) is 0 Å². The van der Waals surface area contributed by atoms with Gasteiger partial charge in [0.2, 0.25) is 0 Å². The van der Waals surface area contributed by atoms with Gasteiger partial charge in [0.25, 0.3) is 0 Å². The Hall–Kier alpha value is -2.70. The van der Waals surface area contributed by atoms with E-state index >= 15 is 0 Å². The Morgan fingerprint density at radius 2 is 1.89 bits per heavy atom. The molecule has 0 atom stereocenters. The molecule has 27 heavy (non-hydrogen) atoms. The number of aromatic nitrogens is 2. The molecule has 2 heterocycles. The van der Waals surface area contributed by atoms with Crippen LogP contribution < -0.4 is 20.1 Å². The normalized spacial score (nSPS) is 16.7. The Labute approximate surface area is 159 Å². The maximum Gasteiger partial charge on any atom is 0.315 e. The molecular weight excluding hydrogens is 344 g/mol. The minimum atomic E-state index is -0.224. The Bertz CT molecular complexity index is 783. The van der Waals surface area contributed by atoms with Gasteiger partial charge >= 0.3 is 6.03 Å². The van der Waals surface area contributed by atoms with Gasteiger partial charge in [-0.2, -0.15) is 5.10 Å². The quantitative estimate of drug-likeness (QED) is 0.848. The highest BCUT2D eigenvalue weighted by atomic mass is 16.5. The lowest BCUT2D eigenvalue weighted by Crippen LogP contribution is -2.34. The van der Waals surface area contributed by atoms with Crippen molar-refractivity contribution >= 4 is 6.03 Å². The zero-order valence-electron chi connectivity index (χ0n) is 15.4. The van der Waals surface area contributed by atoms with Crippen molar-refractivity contribution < 1.29 is 14.3 Å². The summed E-state index contributed by atoms with van der Waals surface area (Å²) in [6, 6.07) is 8.02. The number of rotatable bonds is 5. The third-order valence-electron chi connectivity index (χ3n) is 5.08. The fourth-order valence-corrected chi connectivity index (χ4v) is 3.65. The lowest BCUT2D eigenvalue weighted by Gasteiger charge is -2.13. The molecule has 0 bridgehead atoms. The van der Waals surface area contributed by atoms with Gasteiger partial charge in [0.15, 0.2) is 11.5 Å². The van der Waals surface area contributed by atoms with E-state index < -0.39 is 0 Å². The summed E-state index contributed by atoms with van der Waals surface area (Å²) in [4.78, 5) is 12.2. The number of carbonyl (C=O) groups excluding carboxylic acids is 1. The average molecular weight is 370 g/mol. The van der Waals surface area contributed by atoms with E-state index in [1.54, 1.807) is 0 Å². The maximum atomic E-state index is 12.2. The Morgan fingerprint density at radius 1 is 1.07 bits per heavy atom. The van der Waals surface area contributed by atoms with Crippen molar-refractivity contribution in [2.75, 3.05) is 13.2 Å². The van der Waals surface area contributed by atoms with Crippen LogP contribution in [0.4, 0.5) is 4.79 Å². The van der Waals surface area contributed by atoms with Crippen molar-refractivity contribution in [2.45, 2.75) is 51.2 Å². The number of hydrogen-bond acceptors (Lipinski definition) is 4. The third-order valence-corrected chi connectivity index (χ3v) is 5.08. The van der Waals surface area contributed by atoms with Gasteiger partial charge in [-0.05, 0) is 25.0 Å². The molecule has 0 saturated heterocycles. The van der Waals surface area contributed by atoms with Crippen LogP contribution in [0.15, 0.2) is 30.5 Å². The molecule has 1 aromatic heterocycles. The summed E-state index contributed by atoms with van der Waals surface area (Å²) < 4.78 is 13.5. The van der Waals surface area contributed by atoms with Gasteiger partial charge in [-0.15, -0.1) is 0 Å². The molecule has 0 unspecified atom stereocenters. The van der Waals surface area contributed by atoms with Crippen LogP contribution in [0.1, 0.15) is 49.4 Å². The van der Waals surface area contributed by atoms with Crippen molar-refractivity contribution in [1.82, 2.24) is 20.4 Å². The zero-order chi connectivity index (χ0) is 18.5. The van der Waals surface area contributed by atoms with Crippen molar-refractivity contribution in [3.05, 3.63) is 41.7 Å². The highest BCUT2D eigenvalue weighted by Gasteiger charge is 2.18. The summed E-state index contributed by atoms with van der Waals surface area (Å²) in [5.74, 6) is 1.47. The van der Waals surface area contributed by atoms with Crippen LogP contribution in [0.25, 0.3) is 0 Å². The van der Waals surface area contributed by atoms with Gasteiger partial charge in [-0.1, -0.05) is 25.0 Å². The average Bonchev–Trinajstić information content (AvgIpc) is 3.32. The van der Waals surface area contributed by atoms with E-state index in [4.69, 9.17) is 9.47 Å². The minimum Gasteiger partial charge on any atom is -0.490 e. The maximum absolute atomic E-state index is 12.2. The van der Waals surface area contributed by atoms with E-state index in [2.05, 4.69) is 15.7 Å². The van der Waals surface area contributed by atoms with Gasteiger partial charge in [-0.3, -0.25) is 4.68 Å². The fourth-order valence-electron chi connectivity index (χ4n) is 3.65. The molecule has 7 nitrogen and oxygen atoms in total. The molecule has 2 amide bonds. The molecular formula is C20H26N4O3. The molecule has 2 N–H and O–H groups in total. The lowest BCUT2D eigenvalue weighted by molar-refractivity contribution is 0.239.